The topological polar surface area (TPSA) is 184 Å². The van der Waals surface area contributed by atoms with E-state index in [9.17, 15) is 19.2 Å². The maximum atomic E-state index is 12.8. The molecule has 0 aliphatic heterocycles. The number of nitrogens with zero attached hydrogens (tertiary/aromatic N) is 6. The molecule has 6 rings (SSSR count). The summed E-state index contributed by atoms with van der Waals surface area (Å²) in [4.78, 5) is 56.6. The third-order valence-electron chi connectivity index (χ3n) is 8.66. The Labute approximate surface area is 364 Å². The molecule has 0 saturated carbocycles. The van der Waals surface area contributed by atoms with E-state index in [0.717, 1.165) is 16.7 Å². The SMILES string of the molecule is CCN(CC)CC.O=C(CO)c1n[nH]c(CCc2ccccc2)n1.O=C(CO)c1nc(CCc2ccccc2)n(C(=O)c2ccc(Cl)cc2)n1.O=C(Cl)c1ccc(Cl)cc1. The number of Topliss-reactive ketones (excluding diaryl/α,β-unsaturated/α-hetero) is 2. The van der Waals surface area contributed by atoms with Crippen molar-refractivity contribution in [2.24, 2.45) is 0 Å². The number of ketones is 2. The number of rotatable bonds is 15. The second kappa shape index (κ2) is 26.6. The van der Waals surface area contributed by atoms with Crippen LogP contribution in [0.3, 0.4) is 0 Å². The first kappa shape index (κ1) is 49.0. The molecule has 0 amide bonds. The second-order valence-electron chi connectivity index (χ2n) is 12.7. The van der Waals surface area contributed by atoms with Crippen LogP contribution in [0, 0.1) is 0 Å². The molecule has 6 aromatic rings. The third kappa shape index (κ3) is 16.7. The number of benzene rings is 4. The average molecular weight is 877 g/mol. The number of aliphatic hydroxyl groups excluding tert-OH is 2. The summed E-state index contributed by atoms with van der Waals surface area (Å²) in [6, 6.07) is 32.5. The number of hydrogen-bond acceptors (Lipinski definition) is 11. The van der Waals surface area contributed by atoms with Crippen molar-refractivity contribution < 1.29 is 29.4 Å². The molecule has 0 radical (unpaired) electrons. The van der Waals surface area contributed by atoms with Crippen LogP contribution in [-0.2, 0) is 25.7 Å². The summed E-state index contributed by atoms with van der Waals surface area (Å²) in [5.74, 6) is -0.597. The molecule has 60 heavy (non-hydrogen) atoms. The number of hydrogen-bond donors (Lipinski definition) is 3. The highest BCUT2D eigenvalue weighted by atomic mass is 35.5. The van der Waals surface area contributed by atoms with Crippen LogP contribution in [0.25, 0.3) is 0 Å². The van der Waals surface area contributed by atoms with Crippen LogP contribution in [0.5, 0.6) is 0 Å². The van der Waals surface area contributed by atoms with E-state index in [2.05, 4.69) is 50.9 Å². The lowest BCUT2D eigenvalue weighted by Gasteiger charge is -2.13. The molecule has 0 saturated heterocycles. The fraction of sp³-hybridized carbons (Fsp3) is 0.273. The zero-order chi connectivity index (χ0) is 43.9. The Hall–Kier alpha value is -5.41. The number of aromatic amines is 1. The lowest BCUT2D eigenvalue weighted by molar-refractivity contribution is 0.0885. The highest BCUT2D eigenvalue weighted by Crippen LogP contribution is 2.14. The minimum atomic E-state index is -0.711. The molecular formula is C44H48Cl3N7O6. The summed E-state index contributed by atoms with van der Waals surface area (Å²) in [5.41, 5.74) is 3.13. The number of aliphatic hydroxyl groups is 2. The summed E-state index contributed by atoms with van der Waals surface area (Å²) in [6.07, 6.45) is 2.59. The van der Waals surface area contributed by atoms with Gasteiger partial charge in [-0.2, -0.15) is 9.78 Å². The predicted molar refractivity (Wildman–Crippen MR) is 233 cm³/mol. The molecule has 2 aromatic heterocycles. The van der Waals surface area contributed by atoms with Crippen molar-refractivity contribution >= 4 is 57.5 Å². The van der Waals surface area contributed by atoms with Crippen LogP contribution in [0.1, 0.15) is 85.5 Å². The molecule has 0 aliphatic rings. The molecule has 0 spiro atoms. The van der Waals surface area contributed by atoms with Gasteiger partial charge in [-0.25, -0.2) is 9.97 Å². The van der Waals surface area contributed by atoms with E-state index in [0.29, 0.717) is 52.1 Å². The van der Waals surface area contributed by atoms with Crippen molar-refractivity contribution in [3.8, 4) is 0 Å². The quantitative estimate of drug-likeness (QED) is 0.0690. The number of H-pyrrole nitrogens is 1. The normalized spacial score (nSPS) is 10.3. The van der Waals surface area contributed by atoms with Crippen molar-refractivity contribution in [3.05, 3.63) is 165 Å². The van der Waals surface area contributed by atoms with Crippen LogP contribution in [0.15, 0.2) is 109 Å². The summed E-state index contributed by atoms with van der Waals surface area (Å²) in [6.45, 7) is 8.85. The summed E-state index contributed by atoms with van der Waals surface area (Å²) in [7, 11) is 0. The van der Waals surface area contributed by atoms with Crippen LogP contribution < -0.4 is 0 Å². The Kier molecular flexibility index (Phi) is 21.7. The van der Waals surface area contributed by atoms with Gasteiger partial charge in [-0.1, -0.05) is 105 Å². The maximum Gasteiger partial charge on any atom is 0.279 e. The van der Waals surface area contributed by atoms with E-state index in [1.54, 1.807) is 48.5 Å². The molecule has 0 bridgehead atoms. The van der Waals surface area contributed by atoms with E-state index >= 15 is 0 Å². The van der Waals surface area contributed by atoms with Crippen molar-refractivity contribution in [2.45, 2.75) is 46.5 Å². The third-order valence-corrected chi connectivity index (χ3v) is 9.38. The lowest BCUT2D eigenvalue weighted by atomic mass is 10.1. The molecule has 16 heteroatoms. The minimum absolute atomic E-state index is 0.0514. The van der Waals surface area contributed by atoms with E-state index in [-0.39, 0.29) is 11.6 Å². The number of carbonyl (C=O) groups excluding carboxylic acids is 4. The Bertz CT molecular complexity index is 2210. The van der Waals surface area contributed by atoms with Crippen molar-refractivity contribution in [1.82, 2.24) is 34.8 Å². The van der Waals surface area contributed by atoms with Crippen molar-refractivity contribution in [1.29, 1.82) is 0 Å². The van der Waals surface area contributed by atoms with E-state index in [1.165, 1.54) is 25.2 Å². The maximum absolute atomic E-state index is 12.8. The van der Waals surface area contributed by atoms with Crippen LogP contribution >= 0.6 is 34.8 Å². The molecule has 0 unspecified atom stereocenters. The van der Waals surface area contributed by atoms with Gasteiger partial charge in [0.15, 0.2) is 0 Å². The molecule has 4 aromatic carbocycles. The van der Waals surface area contributed by atoms with Crippen LogP contribution in [0.2, 0.25) is 10.0 Å². The van der Waals surface area contributed by atoms with Gasteiger partial charge in [-0.15, -0.1) is 5.10 Å². The molecule has 2 heterocycles. The first-order valence-electron chi connectivity index (χ1n) is 19.1. The summed E-state index contributed by atoms with van der Waals surface area (Å²) in [5, 5.41) is 28.8. The molecule has 316 valence electrons. The number of aryl methyl sites for hydroxylation is 4. The summed E-state index contributed by atoms with van der Waals surface area (Å²) >= 11 is 16.6. The van der Waals surface area contributed by atoms with Crippen LogP contribution in [0.4, 0.5) is 0 Å². The Morgan fingerprint density at radius 3 is 1.53 bits per heavy atom. The van der Waals surface area contributed by atoms with Gasteiger partial charge in [0.05, 0.1) is 0 Å². The van der Waals surface area contributed by atoms with Gasteiger partial charge < -0.3 is 15.1 Å². The molecule has 0 fully saturated rings. The highest BCUT2D eigenvalue weighted by molar-refractivity contribution is 6.67. The highest BCUT2D eigenvalue weighted by Gasteiger charge is 2.21. The smallest absolute Gasteiger partial charge is 0.279 e. The number of carbonyl (C=O) groups is 4. The Morgan fingerprint density at radius 2 is 1.08 bits per heavy atom. The lowest BCUT2D eigenvalue weighted by Crippen LogP contribution is -2.21. The fourth-order valence-corrected chi connectivity index (χ4v) is 5.61. The number of aromatic nitrogens is 6. The molecule has 0 atom stereocenters. The number of halogens is 3. The number of nitrogens with one attached hydrogen (secondary N) is 1. The summed E-state index contributed by atoms with van der Waals surface area (Å²) < 4.78 is 1.12. The predicted octanol–water partition coefficient (Wildman–Crippen LogP) is 7.41. The Morgan fingerprint density at radius 1 is 0.617 bits per heavy atom. The minimum Gasteiger partial charge on any atom is -0.388 e. The van der Waals surface area contributed by atoms with Crippen molar-refractivity contribution in [2.75, 3.05) is 32.8 Å². The zero-order valence-corrected chi connectivity index (χ0v) is 35.9. The van der Waals surface area contributed by atoms with Gasteiger partial charge in [0.1, 0.15) is 24.9 Å². The molecular weight excluding hydrogens is 829 g/mol. The molecule has 0 aliphatic carbocycles. The van der Waals surface area contributed by atoms with Crippen LogP contribution in [-0.4, -0.2) is 101 Å². The first-order chi connectivity index (χ1) is 28.9. The van der Waals surface area contributed by atoms with Gasteiger partial charge >= 0.3 is 0 Å². The van der Waals surface area contributed by atoms with E-state index in [4.69, 9.17) is 45.0 Å². The standard InChI is InChI=1S/C19H16ClN3O3.C12H13N3O2.C7H4Cl2O.C6H15N/c20-15-9-7-14(8-10-15)19(26)23-17(21-18(22-23)16(25)12-24)11-6-13-4-2-1-3-5-13;16-8-10(17)12-13-11(14-15-12)7-6-9-4-2-1-3-5-9;8-6-3-1-5(2-4-6)7(9)10;1-4-7(5-2)6-3/h1-5,7-10,24H,6,11-12H2;1-5,16H,6-8H2,(H,13,14,15);1-4H;4-6H2,1-3H3. The molecule has 13 nitrogen and oxygen atoms in total. The largest absolute Gasteiger partial charge is 0.388 e. The van der Waals surface area contributed by atoms with Gasteiger partial charge in [-0.05, 0) is 104 Å². The Balaban J connectivity index is 0.000000241. The zero-order valence-electron chi connectivity index (χ0n) is 33.6. The molecule has 3 N–H and O–H groups in total. The van der Waals surface area contributed by atoms with Gasteiger partial charge in [0, 0.05) is 34.0 Å². The van der Waals surface area contributed by atoms with Gasteiger partial charge in [-0.3, -0.25) is 24.3 Å². The first-order valence-corrected chi connectivity index (χ1v) is 20.3. The van der Waals surface area contributed by atoms with Crippen molar-refractivity contribution in [3.63, 3.8) is 0 Å². The fourth-order valence-electron chi connectivity index (χ4n) is 5.23. The average Bonchev–Trinajstić information content (AvgIpc) is 3.95. The van der Waals surface area contributed by atoms with Gasteiger partial charge in [0.2, 0.25) is 23.2 Å². The van der Waals surface area contributed by atoms with E-state index < -0.39 is 35.9 Å². The second-order valence-corrected chi connectivity index (χ2v) is 13.9. The van der Waals surface area contributed by atoms with Gasteiger partial charge in [0.25, 0.3) is 11.1 Å². The van der Waals surface area contributed by atoms with E-state index in [1.807, 2.05) is 60.7 Å². The monoisotopic (exact) mass is 875 g/mol.